The molecule has 2 aromatic heterocycles. The molecule has 0 aliphatic rings. The largest absolute Gasteiger partial charge is 0.416 e. The van der Waals surface area contributed by atoms with Crippen LogP contribution in [0.25, 0.3) is 11.0 Å². The summed E-state index contributed by atoms with van der Waals surface area (Å²) in [6.45, 7) is 2.39. The number of aromatic nitrogens is 4. The fourth-order valence-electron chi connectivity index (χ4n) is 2.68. The molecule has 0 bridgehead atoms. The lowest BCUT2D eigenvalue weighted by atomic mass is 10.1. The van der Waals surface area contributed by atoms with Crippen molar-refractivity contribution in [2.24, 2.45) is 0 Å². The molecule has 1 atom stereocenters. The lowest BCUT2D eigenvalue weighted by molar-refractivity contribution is -0.137. The molecule has 132 valence electrons. The molecule has 25 heavy (non-hydrogen) atoms. The van der Waals surface area contributed by atoms with Gasteiger partial charge in [-0.25, -0.2) is 14.1 Å². The van der Waals surface area contributed by atoms with Gasteiger partial charge in [0.2, 0.25) is 0 Å². The zero-order valence-electron chi connectivity index (χ0n) is 13.4. The van der Waals surface area contributed by atoms with Gasteiger partial charge in [-0.05, 0) is 31.5 Å². The first-order chi connectivity index (χ1) is 11.7. The van der Waals surface area contributed by atoms with Crippen molar-refractivity contribution >= 4 is 11.0 Å². The van der Waals surface area contributed by atoms with Crippen LogP contribution in [0.5, 0.6) is 0 Å². The number of fused-ring (bicyclic) bond motifs is 1. The second-order valence-electron chi connectivity index (χ2n) is 5.67. The SMILES string of the molecule is Cc1nn(C(C)c2ccc(C(F)(F)F)cc2)c2nc(CF)[nH]c(=O)c12. The van der Waals surface area contributed by atoms with E-state index in [-0.39, 0.29) is 16.9 Å². The third-order valence-electron chi connectivity index (χ3n) is 4.00. The van der Waals surface area contributed by atoms with Gasteiger partial charge in [0.15, 0.2) is 5.65 Å². The summed E-state index contributed by atoms with van der Waals surface area (Å²) in [6, 6.07) is 4.18. The van der Waals surface area contributed by atoms with Crippen molar-refractivity contribution in [3.05, 3.63) is 57.3 Å². The molecular formula is C16H14F4N4O. The van der Waals surface area contributed by atoms with Gasteiger partial charge in [-0.15, -0.1) is 0 Å². The zero-order valence-corrected chi connectivity index (χ0v) is 13.4. The molecule has 3 rings (SSSR count). The molecule has 0 fully saturated rings. The van der Waals surface area contributed by atoms with Crippen LogP contribution in [0.15, 0.2) is 29.1 Å². The van der Waals surface area contributed by atoms with Crippen LogP contribution in [0.3, 0.4) is 0 Å². The van der Waals surface area contributed by atoms with E-state index in [0.717, 1.165) is 12.1 Å². The summed E-state index contributed by atoms with van der Waals surface area (Å²) >= 11 is 0. The quantitative estimate of drug-likeness (QED) is 0.732. The van der Waals surface area contributed by atoms with Gasteiger partial charge in [-0.1, -0.05) is 12.1 Å². The van der Waals surface area contributed by atoms with Crippen molar-refractivity contribution < 1.29 is 17.6 Å². The summed E-state index contributed by atoms with van der Waals surface area (Å²) in [5.41, 5.74) is -0.0873. The summed E-state index contributed by atoms with van der Waals surface area (Å²) in [5, 5.41) is 4.50. The molecule has 0 saturated carbocycles. The third kappa shape index (κ3) is 3.01. The highest BCUT2D eigenvalue weighted by atomic mass is 19.4. The number of rotatable bonds is 3. The lowest BCUT2D eigenvalue weighted by Crippen LogP contribution is -2.14. The first-order valence-electron chi connectivity index (χ1n) is 7.43. The molecule has 5 nitrogen and oxygen atoms in total. The van der Waals surface area contributed by atoms with E-state index >= 15 is 0 Å². The minimum Gasteiger partial charge on any atom is -0.308 e. The minimum absolute atomic E-state index is 0.127. The standard InChI is InChI=1S/C16H14F4N4O/c1-8-13-14(21-12(7-17)22-15(13)25)24(23-8)9(2)10-3-5-11(6-4-10)16(18,19)20/h3-6,9H,7H2,1-2H3,(H,21,22,25). The van der Waals surface area contributed by atoms with E-state index in [1.807, 2.05) is 0 Å². The number of H-pyrrole nitrogens is 1. The van der Waals surface area contributed by atoms with Gasteiger partial charge in [0.25, 0.3) is 5.56 Å². The Morgan fingerprint density at radius 1 is 1.24 bits per heavy atom. The van der Waals surface area contributed by atoms with E-state index in [9.17, 15) is 22.4 Å². The Labute approximate surface area is 139 Å². The average Bonchev–Trinajstić information content (AvgIpc) is 2.90. The number of aryl methyl sites for hydroxylation is 1. The molecule has 0 aliphatic heterocycles. The second-order valence-corrected chi connectivity index (χ2v) is 5.67. The molecule has 1 N–H and O–H groups in total. The highest BCUT2D eigenvalue weighted by Gasteiger charge is 2.30. The van der Waals surface area contributed by atoms with E-state index in [1.54, 1.807) is 13.8 Å². The lowest BCUT2D eigenvalue weighted by Gasteiger charge is -2.15. The van der Waals surface area contributed by atoms with E-state index in [4.69, 9.17) is 0 Å². The maximum absolute atomic E-state index is 12.9. The van der Waals surface area contributed by atoms with Gasteiger partial charge in [0.05, 0.1) is 17.3 Å². The van der Waals surface area contributed by atoms with Crippen molar-refractivity contribution in [1.82, 2.24) is 19.7 Å². The summed E-state index contributed by atoms with van der Waals surface area (Å²) in [5.74, 6) is -0.127. The van der Waals surface area contributed by atoms with E-state index in [0.29, 0.717) is 11.3 Å². The Morgan fingerprint density at radius 3 is 2.44 bits per heavy atom. The molecular weight excluding hydrogens is 340 g/mol. The Hall–Kier alpha value is -2.71. The van der Waals surface area contributed by atoms with Gasteiger partial charge in [0, 0.05) is 0 Å². The molecule has 0 saturated heterocycles. The fraction of sp³-hybridized carbons (Fsp3) is 0.312. The van der Waals surface area contributed by atoms with Crippen LogP contribution < -0.4 is 5.56 Å². The summed E-state index contributed by atoms with van der Waals surface area (Å²) in [4.78, 5) is 18.5. The van der Waals surface area contributed by atoms with Gasteiger partial charge < -0.3 is 4.98 Å². The van der Waals surface area contributed by atoms with Crippen LogP contribution in [0, 0.1) is 6.92 Å². The molecule has 9 heteroatoms. The first kappa shape index (κ1) is 17.1. The summed E-state index contributed by atoms with van der Waals surface area (Å²) in [7, 11) is 0. The zero-order chi connectivity index (χ0) is 18.4. The van der Waals surface area contributed by atoms with Crippen molar-refractivity contribution in [3.63, 3.8) is 0 Å². The highest BCUT2D eigenvalue weighted by molar-refractivity contribution is 5.77. The Balaban J connectivity index is 2.09. The Bertz CT molecular complexity index is 973. The number of nitrogens with one attached hydrogen (secondary N) is 1. The van der Waals surface area contributed by atoms with E-state index in [1.165, 1.54) is 16.8 Å². The molecule has 3 aromatic rings. The molecule has 1 unspecified atom stereocenters. The smallest absolute Gasteiger partial charge is 0.308 e. The van der Waals surface area contributed by atoms with Crippen molar-refractivity contribution in [3.8, 4) is 0 Å². The molecule has 2 heterocycles. The van der Waals surface area contributed by atoms with Gasteiger partial charge >= 0.3 is 6.18 Å². The summed E-state index contributed by atoms with van der Waals surface area (Å²) < 4.78 is 52.3. The maximum atomic E-state index is 12.9. The van der Waals surface area contributed by atoms with Crippen LogP contribution in [0.1, 0.15) is 35.6 Å². The molecule has 0 spiro atoms. The molecule has 1 aromatic carbocycles. The normalized spacial score (nSPS) is 13.4. The van der Waals surface area contributed by atoms with Crippen LogP contribution >= 0.6 is 0 Å². The minimum atomic E-state index is -4.42. The van der Waals surface area contributed by atoms with Gasteiger partial charge in [-0.2, -0.15) is 18.3 Å². The predicted molar refractivity (Wildman–Crippen MR) is 83.0 cm³/mol. The monoisotopic (exact) mass is 354 g/mol. The fourth-order valence-corrected chi connectivity index (χ4v) is 2.68. The molecule has 0 radical (unpaired) electrons. The number of hydrogen-bond acceptors (Lipinski definition) is 3. The van der Waals surface area contributed by atoms with Crippen LogP contribution in [0.4, 0.5) is 17.6 Å². The topological polar surface area (TPSA) is 63.6 Å². The van der Waals surface area contributed by atoms with Gasteiger partial charge in [0.1, 0.15) is 17.9 Å². The highest BCUT2D eigenvalue weighted by Crippen LogP contribution is 2.31. The van der Waals surface area contributed by atoms with E-state index in [2.05, 4.69) is 15.1 Å². The second kappa shape index (κ2) is 5.98. The van der Waals surface area contributed by atoms with Crippen LogP contribution in [0.2, 0.25) is 0 Å². The van der Waals surface area contributed by atoms with Crippen molar-refractivity contribution in [1.29, 1.82) is 0 Å². The Kier molecular flexibility index (Phi) is 4.09. The predicted octanol–water partition coefficient (Wildman–Crippen LogP) is 3.53. The Morgan fingerprint density at radius 2 is 1.88 bits per heavy atom. The number of benzene rings is 1. The third-order valence-corrected chi connectivity index (χ3v) is 4.00. The average molecular weight is 354 g/mol. The number of halogens is 4. The number of nitrogens with zero attached hydrogens (tertiary/aromatic N) is 3. The number of aromatic amines is 1. The first-order valence-corrected chi connectivity index (χ1v) is 7.43. The number of hydrogen-bond donors (Lipinski definition) is 1. The number of alkyl halides is 4. The molecule has 0 amide bonds. The van der Waals surface area contributed by atoms with Crippen LogP contribution in [-0.4, -0.2) is 19.7 Å². The van der Waals surface area contributed by atoms with E-state index < -0.39 is 30.0 Å². The van der Waals surface area contributed by atoms with Crippen LogP contribution in [-0.2, 0) is 12.9 Å². The van der Waals surface area contributed by atoms with Crippen molar-refractivity contribution in [2.75, 3.05) is 0 Å². The molecule has 0 aliphatic carbocycles. The maximum Gasteiger partial charge on any atom is 0.416 e. The summed E-state index contributed by atoms with van der Waals surface area (Å²) in [6.07, 6.45) is -4.42. The van der Waals surface area contributed by atoms with Gasteiger partial charge in [-0.3, -0.25) is 4.79 Å². The van der Waals surface area contributed by atoms with Crippen molar-refractivity contribution in [2.45, 2.75) is 32.7 Å².